The molecule has 0 amide bonds. The van der Waals surface area contributed by atoms with Crippen molar-refractivity contribution in [1.82, 2.24) is 20.2 Å². The van der Waals surface area contributed by atoms with Gasteiger partial charge in [0.1, 0.15) is 46.4 Å². The topological polar surface area (TPSA) is 137 Å². The fourth-order valence-electron chi connectivity index (χ4n) is 2.84. The normalized spacial score (nSPS) is 12.9. The van der Waals surface area contributed by atoms with Crippen molar-refractivity contribution in [3.63, 3.8) is 0 Å². The third-order valence-corrected chi connectivity index (χ3v) is 5.54. The number of benzene rings is 1. The number of aromatic amines is 1. The van der Waals surface area contributed by atoms with Crippen molar-refractivity contribution in [2.75, 3.05) is 12.3 Å². The zero-order valence-electron chi connectivity index (χ0n) is 15.4. The quantitative estimate of drug-likeness (QED) is 0.573. The largest absolute Gasteiger partial charge is 0.493 e. The Hall–Kier alpha value is -3.56. The van der Waals surface area contributed by atoms with E-state index >= 15 is 0 Å². The van der Waals surface area contributed by atoms with Gasteiger partial charge in [0, 0.05) is 5.56 Å². The summed E-state index contributed by atoms with van der Waals surface area (Å²) in [5.41, 5.74) is 7.75. The van der Waals surface area contributed by atoms with Crippen LogP contribution in [0.1, 0.15) is 29.8 Å². The minimum Gasteiger partial charge on any atom is -0.493 e. The Morgan fingerprint density at radius 2 is 1.93 bits per heavy atom. The molecular weight excluding hydrogens is 386 g/mol. The molecule has 0 atom stereocenters. The number of nitrogens with one attached hydrogen (secondary N) is 1. The summed E-state index contributed by atoms with van der Waals surface area (Å²) < 4.78 is 5.77. The molecule has 1 fully saturated rings. The highest BCUT2D eigenvalue weighted by molar-refractivity contribution is 7.98. The maximum absolute atomic E-state index is 9.82. The van der Waals surface area contributed by atoms with E-state index in [2.05, 4.69) is 32.3 Å². The van der Waals surface area contributed by atoms with Crippen LogP contribution in [0.4, 0.5) is 5.82 Å². The Bertz CT molecular complexity index is 1090. The molecule has 29 heavy (non-hydrogen) atoms. The standard InChI is InChI=1S/C20H17N7OS/c21-7-15-18(13-3-5-14(6-4-13)28-9-12-1-2-12)16(8-22)20(26-19(15)23)29-10-17-24-11-25-27-17/h3-6,11-12H,1-2,9-10H2,(H2,23,26)(H,24,25,27). The number of aromatic nitrogens is 4. The molecule has 1 aliphatic carbocycles. The molecule has 144 valence electrons. The monoisotopic (exact) mass is 403 g/mol. The molecule has 8 nitrogen and oxygen atoms in total. The van der Waals surface area contributed by atoms with E-state index in [0.29, 0.717) is 39.2 Å². The van der Waals surface area contributed by atoms with Gasteiger partial charge in [0.2, 0.25) is 0 Å². The van der Waals surface area contributed by atoms with E-state index in [-0.39, 0.29) is 11.4 Å². The number of rotatable bonds is 7. The maximum atomic E-state index is 9.82. The summed E-state index contributed by atoms with van der Waals surface area (Å²) in [4.78, 5) is 8.35. The van der Waals surface area contributed by atoms with Crippen LogP contribution in [0.5, 0.6) is 5.75 Å². The van der Waals surface area contributed by atoms with E-state index in [4.69, 9.17) is 10.5 Å². The van der Waals surface area contributed by atoms with E-state index in [1.807, 2.05) is 24.3 Å². The van der Waals surface area contributed by atoms with Gasteiger partial charge in [-0.2, -0.15) is 15.6 Å². The van der Waals surface area contributed by atoms with E-state index in [9.17, 15) is 10.5 Å². The van der Waals surface area contributed by atoms with Crippen molar-refractivity contribution in [3.05, 3.63) is 47.5 Å². The van der Waals surface area contributed by atoms with Crippen LogP contribution in [0.3, 0.4) is 0 Å². The first-order valence-corrected chi connectivity index (χ1v) is 10.0. The van der Waals surface area contributed by atoms with Crippen LogP contribution in [0.2, 0.25) is 0 Å². The van der Waals surface area contributed by atoms with Crippen LogP contribution in [0.25, 0.3) is 11.1 Å². The lowest BCUT2D eigenvalue weighted by Gasteiger charge is -2.13. The number of hydrogen-bond donors (Lipinski definition) is 2. The highest BCUT2D eigenvalue weighted by Crippen LogP contribution is 2.37. The van der Waals surface area contributed by atoms with E-state index < -0.39 is 0 Å². The second-order valence-corrected chi connectivity index (χ2v) is 7.61. The zero-order chi connectivity index (χ0) is 20.2. The smallest absolute Gasteiger partial charge is 0.143 e. The van der Waals surface area contributed by atoms with Crippen LogP contribution in [-0.2, 0) is 5.75 Å². The van der Waals surface area contributed by atoms with E-state index in [1.165, 1.54) is 30.9 Å². The molecule has 9 heteroatoms. The summed E-state index contributed by atoms with van der Waals surface area (Å²) in [5, 5.41) is 26.5. The molecule has 1 saturated carbocycles. The van der Waals surface area contributed by atoms with Crippen LogP contribution in [0.15, 0.2) is 35.6 Å². The van der Waals surface area contributed by atoms with E-state index in [1.54, 1.807) is 0 Å². The molecule has 0 radical (unpaired) electrons. The summed E-state index contributed by atoms with van der Waals surface area (Å²) in [7, 11) is 0. The van der Waals surface area contributed by atoms with Crippen molar-refractivity contribution in [1.29, 1.82) is 10.5 Å². The third kappa shape index (κ3) is 4.15. The first-order valence-electron chi connectivity index (χ1n) is 9.03. The Morgan fingerprint density at radius 3 is 2.55 bits per heavy atom. The first kappa shape index (κ1) is 18.8. The van der Waals surface area contributed by atoms with Gasteiger partial charge in [0.15, 0.2) is 0 Å². The molecule has 4 rings (SSSR count). The molecule has 3 N–H and O–H groups in total. The van der Waals surface area contributed by atoms with Gasteiger partial charge < -0.3 is 10.5 Å². The van der Waals surface area contributed by atoms with Gasteiger partial charge in [-0.05, 0) is 36.5 Å². The second-order valence-electron chi connectivity index (χ2n) is 6.65. The van der Waals surface area contributed by atoms with Gasteiger partial charge >= 0.3 is 0 Å². The molecule has 1 aromatic carbocycles. The third-order valence-electron chi connectivity index (χ3n) is 4.55. The zero-order valence-corrected chi connectivity index (χ0v) is 16.2. The Balaban J connectivity index is 1.68. The Morgan fingerprint density at radius 1 is 1.17 bits per heavy atom. The fraction of sp³-hybridized carbons (Fsp3) is 0.250. The number of H-pyrrole nitrogens is 1. The predicted molar refractivity (Wildman–Crippen MR) is 108 cm³/mol. The van der Waals surface area contributed by atoms with Gasteiger partial charge in [-0.3, -0.25) is 5.10 Å². The highest BCUT2D eigenvalue weighted by atomic mass is 32.2. The van der Waals surface area contributed by atoms with Gasteiger partial charge in [-0.25, -0.2) is 9.97 Å². The number of ether oxygens (including phenoxy) is 1. The van der Waals surface area contributed by atoms with Gasteiger partial charge in [0.05, 0.1) is 17.9 Å². The molecule has 0 aliphatic heterocycles. The molecular formula is C20H17N7OS. The van der Waals surface area contributed by atoms with Crippen molar-refractivity contribution in [2.45, 2.75) is 23.6 Å². The van der Waals surface area contributed by atoms with Crippen molar-refractivity contribution in [3.8, 4) is 29.0 Å². The lowest BCUT2D eigenvalue weighted by atomic mass is 9.97. The molecule has 2 heterocycles. The number of nitrogen functional groups attached to an aromatic ring is 1. The number of thioether (sulfide) groups is 1. The summed E-state index contributed by atoms with van der Waals surface area (Å²) >= 11 is 1.31. The molecule has 3 aromatic rings. The molecule has 0 saturated heterocycles. The average Bonchev–Trinajstić information content (AvgIpc) is 3.43. The predicted octanol–water partition coefficient (Wildman–Crippen LogP) is 3.27. The number of nitrogens with zero attached hydrogens (tertiary/aromatic N) is 5. The van der Waals surface area contributed by atoms with Crippen molar-refractivity contribution < 1.29 is 4.74 Å². The summed E-state index contributed by atoms with van der Waals surface area (Å²) in [6, 6.07) is 11.6. The second kappa shape index (κ2) is 8.21. The Kier molecular flexibility index (Phi) is 5.32. The number of pyridine rings is 1. The minimum atomic E-state index is 0.0932. The van der Waals surface area contributed by atoms with Crippen molar-refractivity contribution in [2.24, 2.45) is 5.92 Å². The maximum Gasteiger partial charge on any atom is 0.143 e. The van der Waals surface area contributed by atoms with Crippen LogP contribution in [0, 0.1) is 28.6 Å². The number of anilines is 1. The van der Waals surface area contributed by atoms with Gasteiger partial charge in [0.25, 0.3) is 0 Å². The van der Waals surface area contributed by atoms with Crippen LogP contribution >= 0.6 is 11.8 Å². The minimum absolute atomic E-state index is 0.0932. The summed E-state index contributed by atoms with van der Waals surface area (Å²) in [6.45, 7) is 0.719. The van der Waals surface area contributed by atoms with Crippen molar-refractivity contribution >= 4 is 17.6 Å². The van der Waals surface area contributed by atoms with Crippen LogP contribution in [-0.4, -0.2) is 26.8 Å². The summed E-state index contributed by atoms with van der Waals surface area (Å²) in [5.74, 6) is 2.62. The van der Waals surface area contributed by atoms with Gasteiger partial charge in [-0.1, -0.05) is 23.9 Å². The number of nitrogens with two attached hydrogens (primary N) is 1. The molecule has 1 aliphatic rings. The summed E-state index contributed by atoms with van der Waals surface area (Å²) in [6.07, 6.45) is 3.86. The molecule has 0 spiro atoms. The lowest BCUT2D eigenvalue weighted by molar-refractivity contribution is 0.300. The average molecular weight is 403 g/mol. The fourth-order valence-corrected chi connectivity index (χ4v) is 3.71. The lowest BCUT2D eigenvalue weighted by Crippen LogP contribution is -2.04. The number of hydrogen-bond acceptors (Lipinski definition) is 8. The molecule has 0 bridgehead atoms. The highest BCUT2D eigenvalue weighted by Gasteiger charge is 2.23. The molecule has 0 unspecified atom stereocenters. The Labute approximate surface area is 171 Å². The SMILES string of the molecule is N#Cc1c(N)nc(SCc2ncn[nH]2)c(C#N)c1-c1ccc(OCC2CC2)cc1. The van der Waals surface area contributed by atoms with E-state index in [0.717, 1.165) is 12.4 Å². The van der Waals surface area contributed by atoms with Crippen LogP contribution < -0.4 is 10.5 Å². The number of nitriles is 2. The first-order chi connectivity index (χ1) is 14.2. The molecule has 2 aromatic heterocycles. The van der Waals surface area contributed by atoms with Gasteiger partial charge in [-0.15, -0.1) is 0 Å².